The molecule has 0 aromatic heterocycles. The van der Waals surface area contributed by atoms with Crippen molar-refractivity contribution in [2.45, 2.75) is 13.3 Å². The lowest BCUT2D eigenvalue weighted by Gasteiger charge is -2.05. The third-order valence-electron chi connectivity index (χ3n) is 2.74. The van der Waals surface area contributed by atoms with Crippen molar-refractivity contribution in [2.75, 3.05) is 13.7 Å². The molecule has 100 valence electrons. The monoisotopic (exact) mass is 260 g/mol. The number of fused-ring (bicyclic) bond motifs is 1. The number of carbonyl (C=O) groups excluding carboxylic acids is 1. The lowest BCUT2D eigenvalue weighted by molar-refractivity contribution is -0.138. The number of nitrogens with two attached hydrogens (primary N) is 1. The Morgan fingerprint density at radius 2 is 2.26 bits per heavy atom. The molecule has 0 spiro atoms. The van der Waals surface area contributed by atoms with Crippen LogP contribution in [0.5, 0.6) is 5.75 Å². The summed E-state index contributed by atoms with van der Waals surface area (Å²) in [7, 11) is 1.59. The number of nitrogens with zero attached hydrogens (tertiary/aromatic N) is 1. The molecule has 0 saturated heterocycles. The van der Waals surface area contributed by atoms with Crippen molar-refractivity contribution in [3.8, 4) is 5.75 Å². The quantitative estimate of drug-likeness (QED) is 0.844. The molecule has 0 bridgehead atoms. The van der Waals surface area contributed by atoms with Gasteiger partial charge < -0.3 is 15.2 Å². The number of esters is 1. The maximum atomic E-state index is 11.8. The van der Waals surface area contributed by atoms with Gasteiger partial charge in [-0.25, -0.2) is 9.79 Å². The number of benzene rings is 1. The van der Waals surface area contributed by atoms with Gasteiger partial charge in [0.25, 0.3) is 0 Å². The van der Waals surface area contributed by atoms with Crippen LogP contribution in [0.25, 0.3) is 6.08 Å². The van der Waals surface area contributed by atoms with Crippen molar-refractivity contribution in [3.63, 3.8) is 0 Å². The molecule has 0 saturated carbocycles. The maximum Gasteiger partial charge on any atom is 0.334 e. The predicted molar refractivity (Wildman–Crippen MR) is 73.5 cm³/mol. The van der Waals surface area contributed by atoms with Gasteiger partial charge in [0.05, 0.1) is 19.4 Å². The highest BCUT2D eigenvalue weighted by Crippen LogP contribution is 2.30. The summed E-state index contributed by atoms with van der Waals surface area (Å²) in [5.41, 5.74) is 7.85. The smallest absolute Gasteiger partial charge is 0.334 e. The molecule has 19 heavy (non-hydrogen) atoms. The first-order valence-corrected chi connectivity index (χ1v) is 6.02. The Morgan fingerprint density at radius 1 is 1.47 bits per heavy atom. The predicted octanol–water partition coefficient (Wildman–Crippen LogP) is 2.03. The van der Waals surface area contributed by atoms with E-state index in [1.54, 1.807) is 26.2 Å². The topological polar surface area (TPSA) is 73.9 Å². The molecule has 1 aliphatic rings. The number of ether oxygens (including phenoxy) is 2. The van der Waals surface area contributed by atoms with Gasteiger partial charge in [-0.2, -0.15) is 0 Å². The Balaban J connectivity index is 2.44. The molecule has 1 aromatic rings. The zero-order valence-corrected chi connectivity index (χ0v) is 11.0. The minimum absolute atomic E-state index is 0.288. The van der Waals surface area contributed by atoms with Crippen LogP contribution in [0, 0.1) is 0 Å². The second-order valence-electron chi connectivity index (χ2n) is 4.09. The SMILES string of the molecule is CCOC(=O)C1=Cc2ccc(OC)cc2N=C(N)C1. The van der Waals surface area contributed by atoms with E-state index in [1.165, 1.54) is 0 Å². The van der Waals surface area contributed by atoms with Gasteiger partial charge in [0.1, 0.15) is 11.6 Å². The summed E-state index contributed by atoms with van der Waals surface area (Å²) in [6.45, 7) is 2.11. The Bertz CT molecular complexity index is 562. The first kappa shape index (κ1) is 13.1. The van der Waals surface area contributed by atoms with Gasteiger partial charge in [-0.3, -0.25) is 0 Å². The molecule has 0 aliphatic carbocycles. The van der Waals surface area contributed by atoms with Crippen molar-refractivity contribution < 1.29 is 14.3 Å². The molecule has 1 heterocycles. The van der Waals surface area contributed by atoms with E-state index in [1.807, 2.05) is 12.1 Å². The number of amidine groups is 1. The van der Waals surface area contributed by atoms with Crippen molar-refractivity contribution in [1.29, 1.82) is 0 Å². The summed E-state index contributed by atoms with van der Waals surface area (Å²) in [4.78, 5) is 16.1. The van der Waals surface area contributed by atoms with E-state index in [0.29, 0.717) is 29.5 Å². The van der Waals surface area contributed by atoms with E-state index in [0.717, 1.165) is 5.56 Å². The van der Waals surface area contributed by atoms with E-state index >= 15 is 0 Å². The molecule has 1 aliphatic heterocycles. The van der Waals surface area contributed by atoms with Gasteiger partial charge in [-0.1, -0.05) is 0 Å². The van der Waals surface area contributed by atoms with Gasteiger partial charge in [-0.15, -0.1) is 0 Å². The van der Waals surface area contributed by atoms with Crippen LogP contribution in [0.15, 0.2) is 28.8 Å². The third-order valence-corrected chi connectivity index (χ3v) is 2.74. The van der Waals surface area contributed by atoms with Gasteiger partial charge in [0, 0.05) is 23.6 Å². The van der Waals surface area contributed by atoms with Crippen LogP contribution in [0.1, 0.15) is 18.9 Å². The molecule has 0 radical (unpaired) electrons. The van der Waals surface area contributed by atoms with Gasteiger partial charge in [-0.05, 0) is 25.1 Å². The van der Waals surface area contributed by atoms with Crippen LogP contribution in [-0.2, 0) is 9.53 Å². The largest absolute Gasteiger partial charge is 0.497 e. The molecule has 5 heteroatoms. The van der Waals surface area contributed by atoms with Gasteiger partial charge >= 0.3 is 5.97 Å². The first-order chi connectivity index (χ1) is 9.13. The highest BCUT2D eigenvalue weighted by molar-refractivity contribution is 6.03. The second-order valence-corrected chi connectivity index (χ2v) is 4.09. The summed E-state index contributed by atoms with van der Waals surface area (Å²) in [6.07, 6.45) is 2.05. The summed E-state index contributed by atoms with van der Waals surface area (Å²) in [5, 5.41) is 0. The summed E-state index contributed by atoms with van der Waals surface area (Å²) < 4.78 is 10.1. The zero-order chi connectivity index (χ0) is 13.8. The van der Waals surface area contributed by atoms with Crippen LogP contribution < -0.4 is 10.5 Å². The summed E-state index contributed by atoms with van der Waals surface area (Å²) in [6, 6.07) is 5.44. The first-order valence-electron chi connectivity index (χ1n) is 6.02. The van der Waals surface area contributed by atoms with Gasteiger partial charge in [0.2, 0.25) is 0 Å². The minimum Gasteiger partial charge on any atom is -0.497 e. The lowest BCUT2D eigenvalue weighted by atomic mass is 10.1. The molecular formula is C14H16N2O3. The number of rotatable bonds is 3. The molecule has 1 aromatic carbocycles. The second kappa shape index (κ2) is 5.56. The number of methoxy groups -OCH3 is 1. The molecule has 0 amide bonds. The highest BCUT2D eigenvalue weighted by Gasteiger charge is 2.17. The highest BCUT2D eigenvalue weighted by atomic mass is 16.5. The fourth-order valence-corrected chi connectivity index (χ4v) is 1.85. The number of aliphatic imine (C=N–C) groups is 1. The summed E-state index contributed by atoms with van der Waals surface area (Å²) in [5.74, 6) is 0.721. The third kappa shape index (κ3) is 2.93. The van der Waals surface area contributed by atoms with Crippen molar-refractivity contribution in [1.82, 2.24) is 0 Å². The van der Waals surface area contributed by atoms with Crippen LogP contribution in [0.2, 0.25) is 0 Å². The van der Waals surface area contributed by atoms with E-state index in [-0.39, 0.29) is 12.4 Å². The molecule has 2 rings (SSSR count). The fourth-order valence-electron chi connectivity index (χ4n) is 1.85. The zero-order valence-electron chi connectivity index (χ0n) is 11.0. The number of carbonyl (C=O) groups is 1. The molecule has 5 nitrogen and oxygen atoms in total. The Kier molecular flexibility index (Phi) is 3.85. The van der Waals surface area contributed by atoms with Crippen molar-refractivity contribution >= 4 is 23.6 Å². The molecular weight excluding hydrogens is 244 g/mol. The van der Waals surface area contributed by atoms with Crippen molar-refractivity contribution in [3.05, 3.63) is 29.3 Å². The summed E-state index contributed by atoms with van der Waals surface area (Å²) >= 11 is 0. The molecule has 2 N–H and O–H groups in total. The number of hydrogen-bond donors (Lipinski definition) is 1. The molecule has 0 fully saturated rings. The maximum absolute atomic E-state index is 11.8. The Morgan fingerprint density at radius 3 is 2.95 bits per heavy atom. The minimum atomic E-state index is -0.357. The average molecular weight is 260 g/mol. The number of hydrogen-bond acceptors (Lipinski definition) is 5. The fraction of sp³-hybridized carbons (Fsp3) is 0.286. The van der Waals surface area contributed by atoms with Crippen LogP contribution in [0.3, 0.4) is 0 Å². The van der Waals surface area contributed by atoms with E-state index in [9.17, 15) is 4.79 Å². The average Bonchev–Trinajstić information content (AvgIpc) is 2.56. The van der Waals surface area contributed by atoms with Crippen LogP contribution >= 0.6 is 0 Å². The van der Waals surface area contributed by atoms with Crippen molar-refractivity contribution in [2.24, 2.45) is 10.7 Å². The van der Waals surface area contributed by atoms with E-state index in [4.69, 9.17) is 15.2 Å². The van der Waals surface area contributed by atoms with E-state index < -0.39 is 0 Å². The standard InChI is InChI=1S/C14H16N2O3/c1-3-19-14(17)10-6-9-4-5-11(18-2)8-12(9)16-13(15)7-10/h4-6,8H,3,7H2,1-2H3,(H2,15,16). The van der Waals surface area contributed by atoms with Crippen LogP contribution in [0.4, 0.5) is 5.69 Å². The Labute approximate surface area is 111 Å². The lowest BCUT2D eigenvalue weighted by Crippen LogP contribution is -2.16. The van der Waals surface area contributed by atoms with E-state index in [2.05, 4.69) is 4.99 Å². The molecule has 0 unspecified atom stereocenters. The normalized spacial score (nSPS) is 13.8. The Hall–Kier alpha value is -2.30. The van der Waals surface area contributed by atoms with Crippen LogP contribution in [-0.4, -0.2) is 25.5 Å². The molecule has 0 atom stereocenters. The van der Waals surface area contributed by atoms with Gasteiger partial charge in [0.15, 0.2) is 0 Å².